The number of thioether (sulfide) groups is 1. The number of benzene rings is 1. The Hall–Kier alpha value is -1.16. The van der Waals surface area contributed by atoms with Crippen molar-refractivity contribution in [2.24, 2.45) is 5.92 Å². The molecular formula is C14H17NO2S. The normalized spacial score (nSPS) is 25.6. The minimum Gasteiger partial charge on any atom is -0.480 e. The number of para-hydroxylation sites is 1. The molecule has 0 aromatic heterocycles. The summed E-state index contributed by atoms with van der Waals surface area (Å²) in [6, 6.07) is 7.87. The molecular weight excluding hydrogens is 246 g/mol. The molecule has 3 nitrogen and oxygen atoms in total. The van der Waals surface area contributed by atoms with Crippen LogP contribution in [0.3, 0.4) is 0 Å². The number of hydrogen-bond donors (Lipinski definition) is 1. The molecule has 0 saturated carbocycles. The van der Waals surface area contributed by atoms with Crippen molar-refractivity contribution >= 4 is 17.7 Å². The van der Waals surface area contributed by atoms with Gasteiger partial charge in [0.05, 0.1) is 0 Å². The maximum Gasteiger partial charge on any atom is 0.261 e. The molecule has 2 aliphatic heterocycles. The number of amides is 1. The van der Waals surface area contributed by atoms with Crippen LogP contribution in [-0.4, -0.2) is 30.1 Å². The van der Waals surface area contributed by atoms with E-state index in [1.807, 2.05) is 36.0 Å². The van der Waals surface area contributed by atoms with Crippen molar-refractivity contribution in [1.29, 1.82) is 0 Å². The van der Waals surface area contributed by atoms with Crippen LogP contribution in [0.5, 0.6) is 5.75 Å². The number of carbonyl (C=O) groups is 1. The van der Waals surface area contributed by atoms with Crippen molar-refractivity contribution < 1.29 is 9.53 Å². The van der Waals surface area contributed by atoms with Gasteiger partial charge in [0.1, 0.15) is 5.75 Å². The standard InChI is InChI=1S/C14H17NO2S/c16-14(15-8-10-5-6-18-9-10)13-7-11-3-1-2-4-12(11)17-13/h1-4,10,13H,5-9H2,(H,15,16)/t10-,13-/m0/s1. The highest BCUT2D eigenvalue weighted by Crippen LogP contribution is 2.28. The van der Waals surface area contributed by atoms with Crippen molar-refractivity contribution in [2.45, 2.75) is 18.9 Å². The molecule has 1 fully saturated rings. The van der Waals surface area contributed by atoms with Gasteiger partial charge in [0.2, 0.25) is 0 Å². The maximum absolute atomic E-state index is 12.0. The summed E-state index contributed by atoms with van der Waals surface area (Å²) in [6.45, 7) is 0.794. The lowest BCUT2D eigenvalue weighted by Crippen LogP contribution is -2.39. The largest absolute Gasteiger partial charge is 0.480 e. The molecule has 1 aromatic carbocycles. The highest BCUT2D eigenvalue weighted by atomic mass is 32.2. The lowest BCUT2D eigenvalue weighted by molar-refractivity contribution is -0.127. The molecule has 3 rings (SSSR count). The van der Waals surface area contributed by atoms with Crippen molar-refractivity contribution in [1.82, 2.24) is 5.32 Å². The van der Waals surface area contributed by atoms with Crippen LogP contribution in [0.25, 0.3) is 0 Å². The molecule has 0 unspecified atom stereocenters. The topological polar surface area (TPSA) is 38.3 Å². The van der Waals surface area contributed by atoms with Gasteiger partial charge < -0.3 is 10.1 Å². The first-order valence-corrected chi connectivity index (χ1v) is 7.58. The van der Waals surface area contributed by atoms with E-state index in [1.54, 1.807) is 0 Å². The van der Waals surface area contributed by atoms with Crippen LogP contribution in [0.4, 0.5) is 0 Å². The van der Waals surface area contributed by atoms with E-state index >= 15 is 0 Å². The molecule has 4 heteroatoms. The average Bonchev–Trinajstić information content (AvgIpc) is 3.04. The fourth-order valence-corrected chi connectivity index (χ4v) is 3.72. The second-order valence-corrected chi connectivity index (χ2v) is 6.04. The van der Waals surface area contributed by atoms with E-state index in [9.17, 15) is 4.79 Å². The van der Waals surface area contributed by atoms with Gasteiger partial charge in [-0.15, -0.1) is 0 Å². The summed E-state index contributed by atoms with van der Waals surface area (Å²) >= 11 is 1.97. The molecule has 96 valence electrons. The van der Waals surface area contributed by atoms with Crippen LogP contribution in [0.15, 0.2) is 24.3 Å². The van der Waals surface area contributed by atoms with Crippen LogP contribution in [-0.2, 0) is 11.2 Å². The lowest BCUT2D eigenvalue weighted by Gasteiger charge is -2.14. The predicted octanol–water partition coefficient (Wildman–Crippen LogP) is 1.86. The zero-order valence-corrected chi connectivity index (χ0v) is 11.0. The smallest absolute Gasteiger partial charge is 0.261 e. The minimum atomic E-state index is -0.337. The molecule has 0 aliphatic carbocycles. The summed E-state index contributed by atoms with van der Waals surface area (Å²) in [6.07, 6.45) is 1.58. The first-order chi connectivity index (χ1) is 8.83. The average molecular weight is 263 g/mol. The molecule has 0 radical (unpaired) electrons. The first-order valence-electron chi connectivity index (χ1n) is 6.43. The van der Waals surface area contributed by atoms with E-state index in [0.717, 1.165) is 17.9 Å². The van der Waals surface area contributed by atoms with Gasteiger partial charge in [-0.3, -0.25) is 4.79 Å². The van der Waals surface area contributed by atoms with Gasteiger partial charge in [-0.2, -0.15) is 11.8 Å². The molecule has 2 heterocycles. The fraction of sp³-hybridized carbons (Fsp3) is 0.500. The van der Waals surface area contributed by atoms with Gasteiger partial charge in [0.15, 0.2) is 6.10 Å². The number of carbonyl (C=O) groups excluding carboxylic acids is 1. The fourth-order valence-electron chi connectivity index (χ4n) is 2.43. The Balaban J connectivity index is 1.52. The molecule has 18 heavy (non-hydrogen) atoms. The second-order valence-electron chi connectivity index (χ2n) is 4.89. The van der Waals surface area contributed by atoms with Crippen LogP contribution in [0, 0.1) is 5.92 Å². The van der Waals surface area contributed by atoms with Crippen LogP contribution in [0.2, 0.25) is 0 Å². The Bertz CT molecular complexity index is 418. The summed E-state index contributed by atoms with van der Waals surface area (Å²) in [7, 11) is 0. The quantitative estimate of drug-likeness (QED) is 0.904. The molecule has 2 atom stereocenters. The summed E-state index contributed by atoms with van der Waals surface area (Å²) in [5, 5.41) is 3.02. The molecule has 1 saturated heterocycles. The number of hydrogen-bond acceptors (Lipinski definition) is 3. The number of nitrogens with one attached hydrogen (secondary N) is 1. The summed E-state index contributed by atoms with van der Waals surface area (Å²) in [5.41, 5.74) is 1.13. The Morgan fingerprint density at radius 2 is 2.33 bits per heavy atom. The van der Waals surface area contributed by atoms with Gasteiger partial charge in [-0.05, 0) is 35.5 Å². The Kier molecular flexibility index (Phi) is 3.46. The Labute approximate surface area is 111 Å². The summed E-state index contributed by atoms with van der Waals surface area (Å²) in [5.74, 6) is 3.93. The third-order valence-electron chi connectivity index (χ3n) is 3.53. The second kappa shape index (κ2) is 5.22. The molecule has 0 spiro atoms. The van der Waals surface area contributed by atoms with E-state index in [0.29, 0.717) is 12.3 Å². The van der Waals surface area contributed by atoms with E-state index in [4.69, 9.17) is 4.74 Å². The van der Waals surface area contributed by atoms with Gasteiger partial charge in [-0.1, -0.05) is 18.2 Å². The Morgan fingerprint density at radius 3 is 3.11 bits per heavy atom. The van der Waals surface area contributed by atoms with Gasteiger partial charge in [0, 0.05) is 13.0 Å². The highest BCUT2D eigenvalue weighted by molar-refractivity contribution is 7.99. The minimum absolute atomic E-state index is 0.0306. The highest BCUT2D eigenvalue weighted by Gasteiger charge is 2.29. The van der Waals surface area contributed by atoms with Crippen molar-refractivity contribution in [2.75, 3.05) is 18.1 Å². The van der Waals surface area contributed by atoms with E-state index in [1.165, 1.54) is 17.9 Å². The zero-order valence-electron chi connectivity index (χ0n) is 10.2. The monoisotopic (exact) mass is 263 g/mol. The summed E-state index contributed by atoms with van der Waals surface area (Å²) in [4.78, 5) is 12.0. The van der Waals surface area contributed by atoms with E-state index in [2.05, 4.69) is 5.32 Å². The summed E-state index contributed by atoms with van der Waals surface area (Å²) < 4.78 is 5.67. The molecule has 1 amide bonds. The molecule has 0 bridgehead atoms. The van der Waals surface area contributed by atoms with Crippen LogP contribution >= 0.6 is 11.8 Å². The number of fused-ring (bicyclic) bond motifs is 1. The van der Waals surface area contributed by atoms with E-state index in [-0.39, 0.29) is 12.0 Å². The maximum atomic E-state index is 12.0. The number of ether oxygens (including phenoxy) is 1. The first kappa shape index (κ1) is 11.9. The van der Waals surface area contributed by atoms with Crippen molar-refractivity contribution in [3.05, 3.63) is 29.8 Å². The predicted molar refractivity (Wildman–Crippen MR) is 73.0 cm³/mol. The third kappa shape index (κ3) is 2.48. The molecule has 1 N–H and O–H groups in total. The van der Waals surface area contributed by atoms with Crippen molar-refractivity contribution in [3.8, 4) is 5.75 Å². The SMILES string of the molecule is O=C(NC[C@@H]1CCSC1)[C@@H]1Cc2ccccc2O1. The van der Waals surface area contributed by atoms with Crippen molar-refractivity contribution in [3.63, 3.8) is 0 Å². The third-order valence-corrected chi connectivity index (χ3v) is 4.76. The van der Waals surface area contributed by atoms with E-state index < -0.39 is 0 Å². The van der Waals surface area contributed by atoms with Crippen LogP contribution < -0.4 is 10.1 Å². The van der Waals surface area contributed by atoms with Gasteiger partial charge in [-0.25, -0.2) is 0 Å². The lowest BCUT2D eigenvalue weighted by atomic mass is 10.1. The van der Waals surface area contributed by atoms with Gasteiger partial charge in [0.25, 0.3) is 5.91 Å². The zero-order chi connectivity index (χ0) is 12.4. The molecule has 2 aliphatic rings. The Morgan fingerprint density at radius 1 is 1.44 bits per heavy atom. The number of rotatable bonds is 3. The van der Waals surface area contributed by atoms with Gasteiger partial charge >= 0.3 is 0 Å². The molecule has 1 aromatic rings. The van der Waals surface area contributed by atoms with Crippen LogP contribution in [0.1, 0.15) is 12.0 Å².